The molecule has 2 aromatic rings. The number of rotatable bonds is 6. The van der Waals surface area contributed by atoms with Gasteiger partial charge in [0, 0.05) is 19.0 Å². The Balaban J connectivity index is 1.49. The predicted octanol–water partition coefficient (Wildman–Crippen LogP) is 2.28. The highest BCUT2D eigenvalue weighted by atomic mass is 35.5. The molecule has 128 valence electrons. The average molecular weight is 368 g/mol. The van der Waals surface area contributed by atoms with E-state index in [0.29, 0.717) is 25.6 Å². The summed E-state index contributed by atoms with van der Waals surface area (Å²) in [5.41, 5.74) is 1.91. The Morgan fingerprint density at radius 2 is 1.96 bits per heavy atom. The third kappa shape index (κ3) is 4.23. The Hall–Kier alpha value is -1.70. The molecule has 0 unspecified atom stereocenters. The van der Waals surface area contributed by atoms with Gasteiger partial charge >= 0.3 is 0 Å². The number of nitrogens with zero attached hydrogens (tertiary/aromatic N) is 3. The summed E-state index contributed by atoms with van der Waals surface area (Å²) in [4.78, 5) is 7.87. The number of hydrogen-bond acceptors (Lipinski definition) is 5. The van der Waals surface area contributed by atoms with E-state index in [1.165, 1.54) is 16.7 Å². The summed E-state index contributed by atoms with van der Waals surface area (Å²) >= 11 is 5.74. The Morgan fingerprint density at radius 1 is 1.25 bits per heavy atom. The van der Waals surface area contributed by atoms with Crippen LogP contribution < -0.4 is 4.74 Å². The van der Waals surface area contributed by atoms with Gasteiger partial charge in [-0.1, -0.05) is 41.4 Å². The van der Waals surface area contributed by atoms with Gasteiger partial charge < -0.3 is 4.74 Å². The van der Waals surface area contributed by atoms with Gasteiger partial charge in [-0.3, -0.25) is 4.98 Å². The molecule has 0 spiro atoms. The fourth-order valence-corrected chi connectivity index (χ4v) is 4.25. The second-order valence-corrected chi connectivity index (χ2v) is 8.27. The van der Waals surface area contributed by atoms with Gasteiger partial charge in [0.15, 0.2) is 5.15 Å². The molecular formula is C16H18ClN3O3S. The molecule has 24 heavy (non-hydrogen) atoms. The van der Waals surface area contributed by atoms with Crippen molar-refractivity contribution in [3.8, 4) is 5.88 Å². The fourth-order valence-electron chi connectivity index (χ4n) is 2.44. The summed E-state index contributed by atoms with van der Waals surface area (Å²) < 4.78 is 31.7. The first-order valence-electron chi connectivity index (χ1n) is 7.56. The van der Waals surface area contributed by atoms with Gasteiger partial charge in [-0.15, -0.1) is 0 Å². The van der Waals surface area contributed by atoms with E-state index in [-0.39, 0.29) is 16.8 Å². The minimum atomic E-state index is -3.28. The number of ether oxygens (including phenoxy) is 1. The quantitative estimate of drug-likeness (QED) is 0.783. The van der Waals surface area contributed by atoms with Crippen molar-refractivity contribution in [2.24, 2.45) is 5.92 Å². The van der Waals surface area contributed by atoms with E-state index in [0.717, 1.165) is 11.1 Å². The lowest BCUT2D eigenvalue weighted by Crippen LogP contribution is -2.52. The highest BCUT2D eigenvalue weighted by Crippen LogP contribution is 2.23. The molecule has 1 aromatic carbocycles. The molecule has 2 heterocycles. The van der Waals surface area contributed by atoms with Crippen molar-refractivity contribution in [1.29, 1.82) is 0 Å². The topological polar surface area (TPSA) is 72.4 Å². The molecule has 1 saturated heterocycles. The smallest absolute Gasteiger partial charge is 0.233 e. The lowest BCUT2D eigenvalue weighted by Gasteiger charge is -2.37. The maximum Gasteiger partial charge on any atom is 0.233 e. The van der Waals surface area contributed by atoms with Crippen LogP contribution in [0.2, 0.25) is 5.15 Å². The summed E-state index contributed by atoms with van der Waals surface area (Å²) in [5, 5.41) is 0.267. The normalized spacial score (nSPS) is 15.9. The van der Waals surface area contributed by atoms with Gasteiger partial charge in [0.2, 0.25) is 15.9 Å². The van der Waals surface area contributed by atoms with E-state index in [1.807, 2.05) is 31.2 Å². The molecule has 0 bridgehead atoms. The average Bonchev–Trinajstić information content (AvgIpc) is 2.47. The SMILES string of the molecule is Cc1ccc(CS(=O)(=O)N2CC(COc3cncc(Cl)n3)C2)cc1. The lowest BCUT2D eigenvalue weighted by molar-refractivity contribution is 0.126. The van der Waals surface area contributed by atoms with Gasteiger partial charge in [0.05, 0.1) is 24.8 Å². The van der Waals surface area contributed by atoms with Crippen molar-refractivity contribution in [1.82, 2.24) is 14.3 Å². The number of hydrogen-bond donors (Lipinski definition) is 0. The minimum absolute atomic E-state index is 0.0284. The maximum atomic E-state index is 12.4. The maximum absolute atomic E-state index is 12.4. The zero-order chi connectivity index (χ0) is 17.2. The third-order valence-corrected chi connectivity index (χ3v) is 5.80. The van der Waals surface area contributed by atoms with Crippen LogP contribution >= 0.6 is 11.6 Å². The van der Waals surface area contributed by atoms with Gasteiger partial charge in [-0.25, -0.2) is 12.7 Å². The highest BCUT2D eigenvalue weighted by Gasteiger charge is 2.36. The van der Waals surface area contributed by atoms with E-state index in [2.05, 4.69) is 9.97 Å². The van der Waals surface area contributed by atoms with E-state index in [1.54, 1.807) is 0 Å². The Bertz CT molecular complexity index is 806. The van der Waals surface area contributed by atoms with E-state index < -0.39 is 10.0 Å². The van der Waals surface area contributed by atoms with Crippen LogP contribution in [0.1, 0.15) is 11.1 Å². The summed E-state index contributed by atoms with van der Waals surface area (Å²) in [6, 6.07) is 7.55. The molecule has 0 atom stereocenters. The van der Waals surface area contributed by atoms with E-state index in [9.17, 15) is 8.42 Å². The van der Waals surface area contributed by atoms with Gasteiger partial charge in [-0.2, -0.15) is 4.98 Å². The molecule has 8 heteroatoms. The standard InChI is InChI=1S/C16H18ClN3O3S/c1-12-2-4-13(5-3-12)11-24(21,22)20-8-14(9-20)10-23-16-7-18-6-15(17)19-16/h2-7,14H,8-11H2,1H3. The van der Waals surface area contributed by atoms with Crippen LogP contribution in [0.15, 0.2) is 36.7 Å². The predicted molar refractivity (Wildman–Crippen MR) is 91.4 cm³/mol. The zero-order valence-electron chi connectivity index (χ0n) is 13.2. The molecule has 1 aliphatic rings. The van der Waals surface area contributed by atoms with Gasteiger partial charge in [0.1, 0.15) is 0 Å². The van der Waals surface area contributed by atoms with Crippen molar-refractivity contribution >= 4 is 21.6 Å². The van der Waals surface area contributed by atoms with Crippen LogP contribution in [0.5, 0.6) is 5.88 Å². The number of benzene rings is 1. The molecule has 0 N–H and O–H groups in total. The van der Waals surface area contributed by atoms with Crippen molar-refractivity contribution in [2.45, 2.75) is 12.7 Å². The number of aromatic nitrogens is 2. The first-order chi connectivity index (χ1) is 11.4. The number of sulfonamides is 1. The number of halogens is 1. The summed E-state index contributed by atoms with van der Waals surface area (Å²) in [6.45, 7) is 3.29. The van der Waals surface area contributed by atoms with Crippen LogP contribution in [-0.2, 0) is 15.8 Å². The van der Waals surface area contributed by atoms with E-state index >= 15 is 0 Å². The van der Waals surface area contributed by atoms with Gasteiger partial charge in [0.25, 0.3) is 0 Å². The molecule has 1 aliphatic heterocycles. The third-order valence-electron chi connectivity index (χ3n) is 3.84. The molecule has 6 nitrogen and oxygen atoms in total. The second-order valence-electron chi connectivity index (χ2n) is 5.92. The fraction of sp³-hybridized carbons (Fsp3) is 0.375. The molecule has 0 amide bonds. The lowest BCUT2D eigenvalue weighted by atomic mass is 10.1. The largest absolute Gasteiger partial charge is 0.476 e. The first kappa shape index (κ1) is 17.1. The van der Waals surface area contributed by atoms with Crippen LogP contribution in [0.25, 0.3) is 0 Å². The van der Waals surface area contributed by atoms with Crippen LogP contribution in [0.4, 0.5) is 0 Å². The van der Waals surface area contributed by atoms with Gasteiger partial charge in [-0.05, 0) is 12.5 Å². The summed E-state index contributed by atoms with van der Waals surface area (Å²) in [5.74, 6) is 0.530. The van der Waals surface area contributed by atoms with Crippen LogP contribution in [0.3, 0.4) is 0 Å². The van der Waals surface area contributed by atoms with Crippen molar-refractivity contribution in [2.75, 3.05) is 19.7 Å². The van der Waals surface area contributed by atoms with E-state index in [4.69, 9.17) is 16.3 Å². The first-order valence-corrected chi connectivity index (χ1v) is 9.55. The van der Waals surface area contributed by atoms with Crippen LogP contribution in [-0.4, -0.2) is 42.4 Å². The summed E-state index contributed by atoms with van der Waals surface area (Å²) in [6.07, 6.45) is 2.91. The summed E-state index contributed by atoms with van der Waals surface area (Å²) in [7, 11) is -3.28. The Kier molecular flexibility index (Phi) is 5.03. The molecule has 1 aromatic heterocycles. The Labute approximate surface area is 146 Å². The monoisotopic (exact) mass is 367 g/mol. The molecule has 0 aliphatic carbocycles. The Morgan fingerprint density at radius 3 is 2.62 bits per heavy atom. The molecule has 1 fully saturated rings. The zero-order valence-corrected chi connectivity index (χ0v) is 14.8. The molecular weight excluding hydrogens is 350 g/mol. The van der Waals surface area contributed by atoms with Crippen molar-refractivity contribution < 1.29 is 13.2 Å². The van der Waals surface area contributed by atoms with Crippen LogP contribution in [0, 0.1) is 12.8 Å². The second kappa shape index (κ2) is 7.04. The highest BCUT2D eigenvalue weighted by molar-refractivity contribution is 7.88. The molecule has 0 saturated carbocycles. The van der Waals surface area contributed by atoms with Crippen molar-refractivity contribution in [3.05, 3.63) is 52.9 Å². The molecule has 3 rings (SSSR count). The van der Waals surface area contributed by atoms with Crippen molar-refractivity contribution in [3.63, 3.8) is 0 Å². The minimum Gasteiger partial charge on any atom is -0.476 e. The number of aryl methyl sites for hydroxylation is 1. The molecule has 0 radical (unpaired) electrons.